The van der Waals surface area contributed by atoms with Crippen LogP contribution in [0.4, 0.5) is 5.69 Å². The van der Waals surface area contributed by atoms with Crippen LogP contribution in [0.3, 0.4) is 0 Å². The number of aromatic nitrogens is 3. The SMILES string of the molecule is CCn1ncc2c(NC3CCCC(O)C3)c(C(=O)N[C@H](C)c3ccc(Br)cc3)cnc21. The van der Waals surface area contributed by atoms with Crippen LogP contribution in [0.15, 0.2) is 41.1 Å². The number of aliphatic hydroxyl groups is 1. The monoisotopic (exact) mass is 485 g/mol. The molecule has 0 bridgehead atoms. The highest BCUT2D eigenvalue weighted by molar-refractivity contribution is 9.10. The quantitative estimate of drug-likeness (QED) is 0.480. The van der Waals surface area contributed by atoms with Crippen molar-refractivity contribution in [2.75, 3.05) is 5.32 Å². The Hall–Kier alpha value is -2.45. The number of fused-ring (bicyclic) bond motifs is 1. The second-order valence-electron chi connectivity index (χ2n) is 8.15. The van der Waals surface area contributed by atoms with Crippen LogP contribution >= 0.6 is 15.9 Å². The van der Waals surface area contributed by atoms with E-state index in [0.717, 1.165) is 46.0 Å². The molecule has 1 fully saturated rings. The van der Waals surface area contributed by atoms with Crippen LogP contribution in [-0.2, 0) is 6.54 Å². The minimum absolute atomic E-state index is 0.106. The molecule has 2 unspecified atom stereocenters. The Morgan fingerprint density at radius 3 is 2.77 bits per heavy atom. The Labute approximate surface area is 190 Å². The van der Waals surface area contributed by atoms with Crippen LogP contribution in [0, 0.1) is 0 Å². The molecule has 1 aliphatic rings. The number of benzene rings is 1. The molecule has 2 heterocycles. The number of hydrogen-bond donors (Lipinski definition) is 3. The molecule has 1 aliphatic carbocycles. The summed E-state index contributed by atoms with van der Waals surface area (Å²) in [4.78, 5) is 17.8. The lowest BCUT2D eigenvalue weighted by Crippen LogP contribution is -2.32. The van der Waals surface area contributed by atoms with Crippen molar-refractivity contribution in [2.24, 2.45) is 0 Å². The van der Waals surface area contributed by atoms with E-state index in [1.54, 1.807) is 12.4 Å². The summed E-state index contributed by atoms with van der Waals surface area (Å²) in [5.41, 5.74) is 3.00. The molecule has 0 saturated heterocycles. The molecule has 3 aromatic rings. The number of nitrogens with zero attached hydrogens (tertiary/aromatic N) is 3. The van der Waals surface area contributed by atoms with E-state index in [0.29, 0.717) is 18.5 Å². The molecule has 8 heteroatoms. The van der Waals surface area contributed by atoms with Gasteiger partial charge in [-0.25, -0.2) is 9.67 Å². The normalized spacial score (nSPS) is 19.9. The van der Waals surface area contributed by atoms with Crippen LogP contribution in [0.25, 0.3) is 11.0 Å². The molecule has 164 valence electrons. The molecule has 0 radical (unpaired) electrons. The summed E-state index contributed by atoms with van der Waals surface area (Å²) in [5.74, 6) is -0.187. The standard InChI is InChI=1S/C23H28BrN5O2/c1-3-29-22-19(13-26-29)21(28-17-5-4-6-18(30)11-17)20(12-25-22)23(31)27-14(2)15-7-9-16(24)10-8-15/h7-10,12-14,17-18,30H,3-6,11H2,1-2H3,(H,25,28)(H,27,31)/t14-,17?,18?/m1/s1. The maximum Gasteiger partial charge on any atom is 0.255 e. The topological polar surface area (TPSA) is 92.1 Å². The van der Waals surface area contributed by atoms with E-state index in [9.17, 15) is 9.90 Å². The zero-order valence-electron chi connectivity index (χ0n) is 17.8. The lowest BCUT2D eigenvalue weighted by atomic mass is 9.92. The second-order valence-corrected chi connectivity index (χ2v) is 9.07. The Kier molecular flexibility index (Phi) is 6.57. The number of aryl methyl sites for hydroxylation is 1. The number of pyridine rings is 1. The van der Waals surface area contributed by atoms with Gasteiger partial charge in [0.05, 0.1) is 35.0 Å². The van der Waals surface area contributed by atoms with Crippen molar-refractivity contribution < 1.29 is 9.90 Å². The minimum Gasteiger partial charge on any atom is -0.393 e. The summed E-state index contributed by atoms with van der Waals surface area (Å²) >= 11 is 3.44. The van der Waals surface area contributed by atoms with Crippen LogP contribution in [0.5, 0.6) is 0 Å². The maximum atomic E-state index is 13.3. The van der Waals surface area contributed by atoms with Crippen molar-refractivity contribution in [2.45, 2.75) is 64.3 Å². The first-order valence-corrected chi connectivity index (χ1v) is 11.6. The van der Waals surface area contributed by atoms with Gasteiger partial charge in [-0.1, -0.05) is 28.1 Å². The molecule has 3 N–H and O–H groups in total. The zero-order valence-corrected chi connectivity index (χ0v) is 19.4. The fraction of sp³-hybridized carbons (Fsp3) is 0.435. The Bertz CT molecular complexity index is 1070. The van der Waals surface area contributed by atoms with E-state index in [-0.39, 0.29) is 24.1 Å². The minimum atomic E-state index is -0.309. The Balaban J connectivity index is 1.65. The molecule has 4 rings (SSSR count). The van der Waals surface area contributed by atoms with E-state index in [1.165, 1.54) is 0 Å². The van der Waals surface area contributed by atoms with E-state index < -0.39 is 0 Å². The number of carbonyl (C=O) groups excluding carboxylic acids is 1. The summed E-state index contributed by atoms with van der Waals surface area (Å²) < 4.78 is 2.82. The lowest BCUT2D eigenvalue weighted by Gasteiger charge is -2.28. The van der Waals surface area contributed by atoms with E-state index >= 15 is 0 Å². The van der Waals surface area contributed by atoms with Gasteiger partial charge in [0, 0.05) is 23.3 Å². The van der Waals surface area contributed by atoms with Gasteiger partial charge in [-0.3, -0.25) is 4.79 Å². The number of amides is 1. The maximum absolute atomic E-state index is 13.3. The fourth-order valence-corrected chi connectivity index (χ4v) is 4.46. The molecule has 3 atom stereocenters. The molecule has 1 amide bonds. The van der Waals surface area contributed by atoms with Crippen molar-refractivity contribution in [3.8, 4) is 0 Å². The van der Waals surface area contributed by atoms with Crippen LogP contribution in [-0.4, -0.2) is 37.9 Å². The lowest BCUT2D eigenvalue weighted by molar-refractivity contribution is 0.0940. The summed E-state index contributed by atoms with van der Waals surface area (Å²) in [6.45, 7) is 4.68. The molecule has 7 nitrogen and oxygen atoms in total. The van der Waals surface area contributed by atoms with Crippen molar-refractivity contribution in [1.82, 2.24) is 20.1 Å². The number of carbonyl (C=O) groups is 1. The Morgan fingerprint density at radius 1 is 1.29 bits per heavy atom. The molecule has 1 saturated carbocycles. The van der Waals surface area contributed by atoms with E-state index in [1.807, 2.05) is 42.8 Å². The molecular formula is C23H28BrN5O2. The van der Waals surface area contributed by atoms with Gasteiger partial charge in [0.15, 0.2) is 5.65 Å². The molecular weight excluding hydrogens is 458 g/mol. The molecule has 0 aliphatic heterocycles. The third kappa shape index (κ3) is 4.75. The summed E-state index contributed by atoms with van der Waals surface area (Å²) in [6, 6.07) is 7.86. The van der Waals surface area contributed by atoms with Gasteiger partial charge < -0.3 is 15.7 Å². The van der Waals surface area contributed by atoms with Crippen LogP contribution in [0.2, 0.25) is 0 Å². The van der Waals surface area contributed by atoms with Crippen molar-refractivity contribution in [3.05, 3.63) is 52.3 Å². The zero-order chi connectivity index (χ0) is 22.0. The van der Waals surface area contributed by atoms with Gasteiger partial charge in [-0.2, -0.15) is 5.10 Å². The average Bonchev–Trinajstić information content (AvgIpc) is 3.18. The number of aliphatic hydroxyl groups excluding tert-OH is 1. The summed E-state index contributed by atoms with van der Waals surface area (Å²) in [5, 5.41) is 22.0. The van der Waals surface area contributed by atoms with Crippen LogP contribution in [0.1, 0.15) is 61.5 Å². The van der Waals surface area contributed by atoms with Crippen molar-refractivity contribution in [1.29, 1.82) is 0 Å². The van der Waals surface area contributed by atoms with Gasteiger partial charge in [-0.15, -0.1) is 0 Å². The van der Waals surface area contributed by atoms with E-state index in [2.05, 4.69) is 36.6 Å². The number of halogens is 1. The highest BCUT2D eigenvalue weighted by Crippen LogP contribution is 2.30. The average molecular weight is 486 g/mol. The van der Waals surface area contributed by atoms with E-state index in [4.69, 9.17) is 0 Å². The first-order valence-electron chi connectivity index (χ1n) is 10.8. The summed E-state index contributed by atoms with van der Waals surface area (Å²) in [7, 11) is 0. The van der Waals surface area contributed by atoms with Gasteiger partial charge in [0.25, 0.3) is 5.91 Å². The van der Waals surface area contributed by atoms with Gasteiger partial charge in [-0.05, 0) is 57.2 Å². The van der Waals surface area contributed by atoms with Gasteiger partial charge in [0.1, 0.15) is 0 Å². The number of hydrogen-bond acceptors (Lipinski definition) is 5. The highest BCUT2D eigenvalue weighted by atomic mass is 79.9. The summed E-state index contributed by atoms with van der Waals surface area (Å²) in [6.07, 6.45) is 6.50. The van der Waals surface area contributed by atoms with Gasteiger partial charge >= 0.3 is 0 Å². The molecule has 31 heavy (non-hydrogen) atoms. The van der Waals surface area contributed by atoms with Crippen molar-refractivity contribution in [3.63, 3.8) is 0 Å². The van der Waals surface area contributed by atoms with Crippen molar-refractivity contribution >= 4 is 38.6 Å². The Morgan fingerprint density at radius 2 is 2.06 bits per heavy atom. The number of nitrogens with one attached hydrogen (secondary N) is 2. The second kappa shape index (κ2) is 9.36. The number of anilines is 1. The molecule has 0 spiro atoms. The predicted molar refractivity (Wildman–Crippen MR) is 125 cm³/mol. The first-order chi connectivity index (χ1) is 15.0. The smallest absolute Gasteiger partial charge is 0.255 e. The predicted octanol–water partition coefficient (Wildman–Crippen LogP) is 4.42. The first kappa shape index (κ1) is 21.8. The van der Waals surface area contributed by atoms with Gasteiger partial charge in [0.2, 0.25) is 0 Å². The molecule has 1 aromatic carbocycles. The largest absolute Gasteiger partial charge is 0.393 e. The van der Waals surface area contributed by atoms with Crippen LogP contribution < -0.4 is 10.6 Å². The fourth-order valence-electron chi connectivity index (χ4n) is 4.19. The molecule has 2 aromatic heterocycles. The number of rotatable bonds is 6. The highest BCUT2D eigenvalue weighted by Gasteiger charge is 2.25. The third-order valence-electron chi connectivity index (χ3n) is 5.92. The third-order valence-corrected chi connectivity index (χ3v) is 6.45.